The van der Waals surface area contributed by atoms with Crippen LogP contribution >= 0.6 is 11.6 Å². The molecule has 1 aliphatic rings. The molecular formula is C20H25ClN6O. The lowest BCUT2D eigenvalue weighted by atomic mass is 10.1. The third-order valence-corrected chi connectivity index (χ3v) is 4.52. The minimum Gasteiger partial charge on any atom is -0.405 e. The lowest BCUT2D eigenvalue weighted by molar-refractivity contribution is 0.0724. The van der Waals surface area contributed by atoms with Crippen LogP contribution in [0.3, 0.4) is 0 Å². The van der Waals surface area contributed by atoms with Crippen molar-refractivity contribution in [3.05, 3.63) is 59.5 Å². The highest BCUT2D eigenvalue weighted by atomic mass is 35.5. The summed E-state index contributed by atoms with van der Waals surface area (Å²) in [6.07, 6.45) is 7.54. The summed E-state index contributed by atoms with van der Waals surface area (Å²) < 4.78 is 0. The van der Waals surface area contributed by atoms with Gasteiger partial charge in [0.2, 0.25) is 0 Å². The molecule has 1 amide bonds. The molecule has 8 heteroatoms. The number of carbonyl (C=O) groups excluding carboxylic acids is 1. The van der Waals surface area contributed by atoms with Gasteiger partial charge in [0.25, 0.3) is 5.91 Å². The Labute approximate surface area is 170 Å². The van der Waals surface area contributed by atoms with E-state index in [2.05, 4.69) is 21.9 Å². The van der Waals surface area contributed by atoms with Crippen molar-refractivity contribution in [2.75, 3.05) is 6.54 Å². The molecule has 1 aliphatic carbocycles. The maximum Gasteiger partial charge on any atom is 0.254 e. The molecule has 0 heterocycles. The number of benzene rings is 1. The number of rotatable bonds is 9. The van der Waals surface area contributed by atoms with Crippen LogP contribution in [-0.2, 0) is 0 Å². The Morgan fingerprint density at radius 1 is 1.46 bits per heavy atom. The van der Waals surface area contributed by atoms with Crippen LogP contribution in [0.25, 0.3) is 0 Å². The van der Waals surface area contributed by atoms with Gasteiger partial charge in [-0.3, -0.25) is 10.2 Å². The normalized spacial score (nSPS) is 15.6. The van der Waals surface area contributed by atoms with E-state index in [0.29, 0.717) is 34.7 Å². The van der Waals surface area contributed by atoms with E-state index in [-0.39, 0.29) is 5.91 Å². The summed E-state index contributed by atoms with van der Waals surface area (Å²) in [5.41, 5.74) is 5.83. The summed E-state index contributed by atoms with van der Waals surface area (Å²) >= 11 is 5.94. The molecule has 0 saturated heterocycles. The molecule has 0 spiro atoms. The molecule has 2 rings (SSSR count). The monoisotopic (exact) mass is 400 g/mol. The molecule has 0 aliphatic heterocycles. The maximum absolute atomic E-state index is 13.1. The molecule has 4 N–H and O–H groups in total. The van der Waals surface area contributed by atoms with Crippen LogP contribution in [0, 0.1) is 11.3 Å². The number of nitrogens with two attached hydrogens (primary N) is 1. The van der Waals surface area contributed by atoms with E-state index >= 15 is 0 Å². The van der Waals surface area contributed by atoms with Crippen LogP contribution in [-0.4, -0.2) is 41.8 Å². The van der Waals surface area contributed by atoms with E-state index in [1.807, 2.05) is 6.92 Å². The standard InChI is InChI=1S/C20H25ClN6O/c1-14(19(25-13-23)26-15(2)24-11-3-10-22)27(12-16-4-5-16)20(28)17-6-8-18(21)9-7-17/h3,6-11,13-14,16H,2,4-5,12,22H2,1H3,(H2,23,25,26)/b10-3-,24-11-. The van der Waals surface area contributed by atoms with Crippen molar-refractivity contribution in [3.63, 3.8) is 0 Å². The van der Waals surface area contributed by atoms with E-state index in [1.54, 1.807) is 35.2 Å². The molecule has 148 valence electrons. The van der Waals surface area contributed by atoms with Gasteiger partial charge in [0, 0.05) is 23.3 Å². The average Bonchev–Trinajstić information content (AvgIpc) is 3.50. The first-order valence-corrected chi connectivity index (χ1v) is 9.34. The van der Waals surface area contributed by atoms with Gasteiger partial charge in [0.15, 0.2) is 0 Å². The van der Waals surface area contributed by atoms with Crippen molar-refractivity contribution in [3.8, 4) is 0 Å². The summed E-state index contributed by atoms with van der Waals surface area (Å²) in [5.74, 6) is 1.11. The predicted octanol–water partition coefficient (Wildman–Crippen LogP) is 3.19. The Kier molecular flexibility index (Phi) is 7.95. The lowest BCUT2D eigenvalue weighted by Gasteiger charge is -2.30. The van der Waals surface area contributed by atoms with Crippen LogP contribution < -0.4 is 11.1 Å². The van der Waals surface area contributed by atoms with Crippen molar-refractivity contribution in [2.24, 2.45) is 21.6 Å². The third-order valence-electron chi connectivity index (χ3n) is 4.27. The zero-order valence-corrected chi connectivity index (χ0v) is 16.6. The number of nitrogens with one attached hydrogen (secondary N) is 2. The van der Waals surface area contributed by atoms with Gasteiger partial charge in [-0.25, -0.2) is 9.98 Å². The zero-order valence-electron chi connectivity index (χ0n) is 15.8. The predicted molar refractivity (Wildman–Crippen MR) is 115 cm³/mol. The number of amides is 1. The fourth-order valence-electron chi connectivity index (χ4n) is 2.58. The van der Waals surface area contributed by atoms with E-state index in [9.17, 15) is 4.79 Å². The van der Waals surface area contributed by atoms with Crippen molar-refractivity contribution in [1.29, 1.82) is 5.41 Å². The van der Waals surface area contributed by atoms with Crippen LogP contribution in [0.15, 0.2) is 58.9 Å². The summed E-state index contributed by atoms with van der Waals surface area (Å²) in [4.78, 5) is 23.1. The zero-order chi connectivity index (χ0) is 20.5. The molecular weight excluding hydrogens is 376 g/mol. The molecule has 1 atom stereocenters. The molecule has 1 aromatic rings. The van der Waals surface area contributed by atoms with Gasteiger partial charge in [-0.2, -0.15) is 0 Å². The molecule has 28 heavy (non-hydrogen) atoms. The Balaban J connectivity index is 2.22. The molecule has 0 radical (unpaired) electrons. The van der Waals surface area contributed by atoms with Gasteiger partial charge >= 0.3 is 0 Å². The van der Waals surface area contributed by atoms with Gasteiger partial charge < -0.3 is 16.0 Å². The molecule has 1 fully saturated rings. The quantitative estimate of drug-likeness (QED) is 0.437. The maximum atomic E-state index is 13.1. The highest BCUT2D eigenvalue weighted by Gasteiger charge is 2.32. The number of amidine groups is 1. The SMILES string of the molecule is C=C(/N=C\C=C/N)N/C(=N\C=N)C(C)N(CC1CC1)C(=O)c1ccc(Cl)cc1. The van der Waals surface area contributed by atoms with Gasteiger partial charge in [0.05, 0.1) is 6.04 Å². The van der Waals surface area contributed by atoms with E-state index < -0.39 is 6.04 Å². The van der Waals surface area contributed by atoms with Crippen molar-refractivity contribution >= 4 is 35.9 Å². The Bertz CT molecular complexity index is 795. The van der Waals surface area contributed by atoms with Gasteiger partial charge in [0.1, 0.15) is 18.0 Å². The summed E-state index contributed by atoms with van der Waals surface area (Å²) in [5, 5.41) is 10.9. The second-order valence-corrected chi connectivity index (χ2v) is 6.90. The number of allylic oxidation sites excluding steroid dienone is 1. The van der Waals surface area contributed by atoms with E-state index in [4.69, 9.17) is 22.7 Å². The molecule has 0 aromatic heterocycles. The molecule has 1 aromatic carbocycles. The number of aliphatic imine (C=N–C) groups is 2. The van der Waals surface area contributed by atoms with Crippen molar-refractivity contribution < 1.29 is 4.79 Å². The number of halogens is 1. The first kappa shape index (κ1) is 21.4. The molecule has 1 unspecified atom stereocenters. The second kappa shape index (κ2) is 10.4. The second-order valence-electron chi connectivity index (χ2n) is 6.46. The van der Waals surface area contributed by atoms with Crippen molar-refractivity contribution in [1.82, 2.24) is 10.2 Å². The Morgan fingerprint density at radius 3 is 2.71 bits per heavy atom. The van der Waals surface area contributed by atoms with Gasteiger partial charge in [-0.05, 0) is 62.2 Å². The molecule has 1 saturated carbocycles. The topological polar surface area (TPSA) is 107 Å². The summed E-state index contributed by atoms with van der Waals surface area (Å²) in [7, 11) is 0. The third kappa shape index (κ3) is 6.35. The van der Waals surface area contributed by atoms with Crippen LogP contribution in [0.4, 0.5) is 0 Å². The molecule has 7 nitrogen and oxygen atoms in total. The number of carbonyl (C=O) groups is 1. The fraction of sp³-hybridized carbons (Fsp3) is 0.300. The fourth-order valence-corrected chi connectivity index (χ4v) is 2.70. The smallest absolute Gasteiger partial charge is 0.254 e. The summed E-state index contributed by atoms with van der Waals surface area (Å²) in [6.45, 7) is 6.30. The van der Waals surface area contributed by atoms with E-state index in [0.717, 1.165) is 19.2 Å². The Morgan fingerprint density at radius 2 is 2.14 bits per heavy atom. The van der Waals surface area contributed by atoms with Crippen LogP contribution in [0.1, 0.15) is 30.1 Å². The summed E-state index contributed by atoms with van der Waals surface area (Å²) in [6, 6.07) is 6.41. The highest BCUT2D eigenvalue weighted by Crippen LogP contribution is 2.31. The number of hydrogen-bond acceptors (Lipinski definition) is 4. The molecule has 0 bridgehead atoms. The van der Waals surface area contributed by atoms with Crippen LogP contribution in [0.5, 0.6) is 0 Å². The first-order chi connectivity index (χ1) is 13.5. The lowest BCUT2D eigenvalue weighted by Crippen LogP contribution is -2.48. The van der Waals surface area contributed by atoms with Gasteiger partial charge in [-0.1, -0.05) is 18.2 Å². The van der Waals surface area contributed by atoms with Gasteiger partial charge in [-0.15, -0.1) is 0 Å². The first-order valence-electron chi connectivity index (χ1n) is 8.96. The van der Waals surface area contributed by atoms with Crippen LogP contribution in [0.2, 0.25) is 5.02 Å². The Hall–Kier alpha value is -2.93. The minimum atomic E-state index is -0.401. The van der Waals surface area contributed by atoms with E-state index in [1.165, 1.54) is 12.4 Å². The number of hydrogen-bond donors (Lipinski definition) is 3. The average molecular weight is 401 g/mol. The largest absolute Gasteiger partial charge is 0.405 e. The minimum absolute atomic E-state index is 0.115. The number of nitrogens with zero attached hydrogens (tertiary/aromatic N) is 3. The van der Waals surface area contributed by atoms with Crippen molar-refractivity contribution in [2.45, 2.75) is 25.8 Å². The highest BCUT2D eigenvalue weighted by molar-refractivity contribution is 6.30.